The maximum atomic E-state index is 13.1. The van der Waals surface area contributed by atoms with Crippen LogP contribution in [-0.2, 0) is 23.9 Å². The normalized spacial score (nSPS) is 23.1. The Kier molecular flexibility index (Phi) is 6.28. The molecule has 3 heterocycles. The average molecular weight is 445 g/mol. The molecule has 2 amide bonds. The fourth-order valence-corrected chi connectivity index (χ4v) is 5.18. The number of ketones is 1. The number of carbonyl (C=O) groups is 4. The molecule has 0 saturated carbocycles. The first kappa shape index (κ1) is 21.4. The fourth-order valence-electron chi connectivity index (χ4n) is 3.79. The molecule has 164 valence electrons. The number of fused-ring (bicyclic) bond motifs is 1. The SMILES string of the molecule is CC(=O)NC1C(=O)N2C(C(=O)OCC(=O)c3ccccc3)=C(N3CCOCC3)CS[C@H]12. The van der Waals surface area contributed by atoms with E-state index in [2.05, 4.69) is 5.32 Å². The number of esters is 1. The number of nitrogens with one attached hydrogen (secondary N) is 1. The predicted molar refractivity (Wildman–Crippen MR) is 112 cm³/mol. The van der Waals surface area contributed by atoms with Gasteiger partial charge in [-0.3, -0.25) is 19.3 Å². The molecule has 0 spiro atoms. The van der Waals surface area contributed by atoms with Crippen LogP contribution in [0.5, 0.6) is 0 Å². The Morgan fingerprint density at radius 3 is 2.58 bits per heavy atom. The molecule has 0 radical (unpaired) electrons. The van der Waals surface area contributed by atoms with E-state index in [1.807, 2.05) is 4.90 Å². The minimum atomic E-state index is -0.717. The smallest absolute Gasteiger partial charge is 0.357 e. The highest BCUT2D eigenvalue weighted by Gasteiger charge is 2.55. The van der Waals surface area contributed by atoms with Gasteiger partial charge in [-0.2, -0.15) is 0 Å². The van der Waals surface area contributed by atoms with Gasteiger partial charge in [0.15, 0.2) is 18.1 Å². The van der Waals surface area contributed by atoms with Crippen molar-refractivity contribution in [1.82, 2.24) is 15.1 Å². The largest absolute Gasteiger partial charge is 0.453 e. The van der Waals surface area contributed by atoms with Crippen LogP contribution in [0, 0.1) is 0 Å². The summed E-state index contributed by atoms with van der Waals surface area (Å²) in [5.74, 6) is -1.22. The van der Waals surface area contributed by atoms with Crippen molar-refractivity contribution in [1.29, 1.82) is 0 Å². The number of nitrogens with zero attached hydrogens (tertiary/aromatic N) is 2. The molecule has 0 aliphatic carbocycles. The van der Waals surface area contributed by atoms with Crippen molar-refractivity contribution in [3.63, 3.8) is 0 Å². The van der Waals surface area contributed by atoms with Gasteiger partial charge in [-0.25, -0.2) is 4.79 Å². The molecule has 10 heteroatoms. The van der Waals surface area contributed by atoms with Gasteiger partial charge in [0.25, 0.3) is 5.91 Å². The van der Waals surface area contributed by atoms with Crippen LogP contribution in [0.2, 0.25) is 0 Å². The highest BCUT2D eigenvalue weighted by Crippen LogP contribution is 2.41. The second-order valence-corrected chi connectivity index (χ2v) is 8.45. The lowest BCUT2D eigenvalue weighted by Gasteiger charge is -2.51. The summed E-state index contributed by atoms with van der Waals surface area (Å²) in [6, 6.07) is 7.89. The Morgan fingerprint density at radius 2 is 1.90 bits per heavy atom. The molecule has 9 nitrogen and oxygen atoms in total. The van der Waals surface area contributed by atoms with Gasteiger partial charge >= 0.3 is 5.97 Å². The summed E-state index contributed by atoms with van der Waals surface area (Å²) >= 11 is 1.49. The molecule has 4 rings (SSSR count). The molecule has 0 bridgehead atoms. The highest BCUT2D eigenvalue weighted by molar-refractivity contribution is 8.00. The third kappa shape index (κ3) is 4.31. The van der Waals surface area contributed by atoms with Gasteiger partial charge in [0, 0.05) is 31.3 Å². The molecule has 2 fully saturated rings. The topological polar surface area (TPSA) is 105 Å². The summed E-state index contributed by atoms with van der Waals surface area (Å²) < 4.78 is 10.7. The average Bonchev–Trinajstić information content (AvgIpc) is 2.80. The minimum Gasteiger partial charge on any atom is -0.453 e. The van der Waals surface area contributed by atoms with Crippen LogP contribution in [0.1, 0.15) is 17.3 Å². The van der Waals surface area contributed by atoms with Gasteiger partial charge in [0.05, 0.1) is 18.9 Å². The van der Waals surface area contributed by atoms with E-state index in [1.54, 1.807) is 30.3 Å². The van der Waals surface area contributed by atoms with Crippen LogP contribution in [0.3, 0.4) is 0 Å². The van der Waals surface area contributed by atoms with Gasteiger partial charge in [-0.1, -0.05) is 30.3 Å². The number of amides is 2. The monoisotopic (exact) mass is 445 g/mol. The van der Waals surface area contributed by atoms with Gasteiger partial charge < -0.3 is 19.7 Å². The van der Waals surface area contributed by atoms with Crippen LogP contribution in [0.25, 0.3) is 0 Å². The lowest BCUT2D eigenvalue weighted by Crippen LogP contribution is -2.71. The molecule has 1 aromatic carbocycles. The molecule has 0 aromatic heterocycles. The standard InChI is InChI=1S/C21H23N3O6S/c1-13(25)22-17-19(27)24-18(15(12-31-20(17)24)23-7-9-29-10-8-23)21(28)30-11-16(26)14-5-3-2-4-6-14/h2-6,17,20H,7-12H2,1H3,(H,22,25)/t17?,20-/m1/s1. The van der Waals surface area contributed by atoms with Gasteiger partial charge in [-0.05, 0) is 0 Å². The fraction of sp³-hybridized carbons (Fsp3) is 0.429. The molecular weight excluding hydrogens is 422 g/mol. The third-order valence-corrected chi connectivity index (χ3v) is 6.59. The summed E-state index contributed by atoms with van der Waals surface area (Å²) in [4.78, 5) is 53.1. The molecular formula is C21H23N3O6S. The van der Waals surface area contributed by atoms with Crippen molar-refractivity contribution in [3.8, 4) is 0 Å². The van der Waals surface area contributed by atoms with E-state index in [9.17, 15) is 19.2 Å². The Labute approximate surface area is 183 Å². The van der Waals surface area contributed by atoms with E-state index < -0.39 is 18.6 Å². The second-order valence-electron chi connectivity index (χ2n) is 7.35. The minimum absolute atomic E-state index is 0.151. The van der Waals surface area contributed by atoms with Crippen LogP contribution < -0.4 is 5.32 Å². The molecule has 1 N–H and O–H groups in total. The number of carbonyl (C=O) groups excluding carboxylic acids is 4. The van der Waals surface area contributed by atoms with E-state index in [-0.39, 0.29) is 28.7 Å². The molecule has 1 aromatic rings. The summed E-state index contributed by atoms with van der Waals surface area (Å²) in [7, 11) is 0. The third-order valence-electron chi connectivity index (χ3n) is 5.32. The lowest BCUT2D eigenvalue weighted by molar-refractivity contribution is -0.152. The van der Waals surface area contributed by atoms with Crippen LogP contribution in [0.15, 0.2) is 41.7 Å². The van der Waals surface area contributed by atoms with E-state index in [0.29, 0.717) is 43.3 Å². The Balaban J connectivity index is 1.55. The first-order chi connectivity index (χ1) is 15.0. The lowest BCUT2D eigenvalue weighted by atomic mass is 10.0. The van der Waals surface area contributed by atoms with Crippen molar-refractivity contribution >= 4 is 35.3 Å². The van der Waals surface area contributed by atoms with E-state index in [4.69, 9.17) is 9.47 Å². The highest BCUT2D eigenvalue weighted by atomic mass is 32.2. The number of rotatable bonds is 6. The maximum absolute atomic E-state index is 13.1. The second kappa shape index (κ2) is 9.11. The van der Waals surface area contributed by atoms with E-state index in [1.165, 1.54) is 23.6 Å². The van der Waals surface area contributed by atoms with Crippen LogP contribution in [0.4, 0.5) is 0 Å². The number of hydrogen-bond acceptors (Lipinski definition) is 8. The van der Waals surface area contributed by atoms with Crippen molar-refractivity contribution in [2.24, 2.45) is 0 Å². The Hall–Kier alpha value is -2.85. The summed E-state index contributed by atoms with van der Waals surface area (Å²) in [5.41, 5.74) is 1.29. The zero-order valence-corrected chi connectivity index (χ0v) is 17.9. The molecule has 3 aliphatic heterocycles. The number of Topliss-reactive ketones (excluding diaryl/α,β-unsaturated/α-hetero) is 1. The van der Waals surface area contributed by atoms with E-state index >= 15 is 0 Å². The predicted octanol–water partition coefficient (Wildman–Crippen LogP) is 0.376. The van der Waals surface area contributed by atoms with E-state index in [0.717, 1.165) is 0 Å². The molecule has 2 saturated heterocycles. The Morgan fingerprint density at radius 1 is 1.19 bits per heavy atom. The van der Waals surface area contributed by atoms with Crippen molar-refractivity contribution in [3.05, 3.63) is 47.3 Å². The number of thioether (sulfide) groups is 1. The van der Waals surface area contributed by atoms with Crippen LogP contribution >= 0.6 is 11.8 Å². The first-order valence-corrected chi connectivity index (χ1v) is 11.0. The number of β-lactam (4-membered cyclic amide) rings is 1. The number of hydrogen-bond donors (Lipinski definition) is 1. The molecule has 1 unspecified atom stereocenters. The number of morpholine rings is 1. The van der Waals surface area contributed by atoms with Crippen molar-refractivity contribution in [2.75, 3.05) is 38.7 Å². The maximum Gasteiger partial charge on any atom is 0.357 e. The first-order valence-electron chi connectivity index (χ1n) is 10.0. The van der Waals surface area contributed by atoms with Gasteiger partial charge in [0.2, 0.25) is 5.91 Å². The summed E-state index contributed by atoms with van der Waals surface area (Å²) in [5, 5.41) is 2.26. The Bertz CT molecular complexity index is 928. The quantitative estimate of drug-likeness (QED) is 0.381. The van der Waals surface area contributed by atoms with Crippen LogP contribution in [-0.4, -0.2) is 83.4 Å². The molecule has 31 heavy (non-hydrogen) atoms. The van der Waals surface area contributed by atoms with Crippen molar-refractivity contribution in [2.45, 2.75) is 18.3 Å². The number of ether oxygens (including phenoxy) is 2. The summed E-state index contributed by atoms with van der Waals surface area (Å²) in [6.07, 6.45) is 0. The zero-order valence-electron chi connectivity index (χ0n) is 17.0. The van der Waals surface area contributed by atoms with Crippen molar-refractivity contribution < 1.29 is 28.7 Å². The summed E-state index contributed by atoms with van der Waals surface area (Å²) in [6.45, 7) is 3.17. The number of benzene rings is 1. The zero-order chi connectivity index (χ0) is 22.0. The molecule has 2 atom stereocenters. The van der Waals surface area contributed by atoms with Gasteiger partial charge in [-0.15, -0.1) is 11.8 Å². The molecule has 3 aliphatic rings. The van der Waals surface area contributed by atoms with Gasteiger partial charge in [0.1, 0.15) is 11.4 Å².